The van der Waals surface area contributed by atoms with Gasteiger partial charge in [0.1, 0.15) is 0 Å². The third kappa shape index (κ3) is 3.00. The fourth-order valence-electron chi connectivity index (χ4n) is 1.70. The van der Waals surface area contributed by atoms with E-state index in [1.807, 2.05) is 18.3 Å². The summed E-state index contributed by atoms with van der Waals surface area (Å²) >= 11 is 3.41. The molecule has 18 heavy (non-hydrogen) atoms. The smallest absolute Gasteiger partial charge is 0.243 e. The first-order chi connectivity index (χ1) is 8.81. The summed E-state index contributed by atoms with van der Waals surface area (Å²) in [6, 6.07) is 3.87. The van der Waals surface area contributed by atoms with Crippen LogP contribution < -0.4 is 5.32 Å². The number of pyridine rings is 1. The van der Waals surface area contributed by atoms with Crippen LogP contribution in [0.2, 0.25) is 0 Å². The molecule has 2 aromatic rings. The number of anilines is 1. The zero-order valence-corrected chi connectivity index (χ0v) is 11.6. The van der Waals surface area contributed by atoms with E-state index >= 15 is 0 Å². The van der Waals surface area contributed by atoms with Crippen LogP contribution in [-0.2, 0) is 4.74 Å². The van der Waals surface area contributed by atoms with Crippen LogP contribution >= 0.6 is 15.9 Å². The van der Waals surface area contributed by atoms with Crippen molar-refractivity contribution in [1.29, 1.82) is 0 Å². The Morgan fingerprint density at radius 1 is 1.44 bits per heavy atom. The van der Waals surface area contributed by atoms with E-state index in [1.165, 1.54) is 12.8 Å². The molecule has 6 heteroatoms. The SMILES string of the molecule is Brc1ccc2nc(NCCOCC3CC3)nn2c1. The van der Waals surface area contributed by atoms with Crippen LogP contribution in [0.15, 0.2) is 22.8 Å². The van der Waals surface area contributed by atoms with Gasteiger partial charge in [0.05, 0.1) is 6.61 Å². The van der Waals surface area contributed by atoms with Crippen LogP contribution in [-0.4, -0.2) is 34.4 Å². The average Bonchev–Trinajstić information content (AvgIpc) is 3.08. The van der Waals surface area contributed by atoms with E-state index in [9.17, 15) is 0 Å². The molecular weight excluding hydrogens is 296 g/mol. The Balaban J connectivity index is 1.50. The number of rotatable bonds is 6. The number of hydrogen-bond donors (Lipinski definition) is 1. The Morgan fingerprint density at radius 3 is 3.17 bits per heavy atom. The van der Waals surface area contributed by atoms with Crippen LogP contribution in [0.25, 0.3) is 5.65 Å². The molecule has 0 bridgehead atoms. The highest BCUT2D eigenvalue weighted by atomic mass is 79.9. The first kappa shape index (κ1) is 11.9. The second-order valence-corrected chi connectivity index (χ2v) is 5.45. The van der Waals surface area contributed by atoms with Crippen LogP contribution in [0.5, 0.6) is 0 Å². The Labute approximate surface area is 114 Å². The zero-order valence-electron chi connectivity index (χ0n) is 9.97. The Kier molecular flexibility index (Phi) is 3.47. The number of aromatic nitrogens is 3. The number of nitrogens with one attached hydrogen (secondary N) is 1. The molecule has 0 aromatic carbocycles. The first-order valence-corrected chi connectivity index (χ1v) is 6.94. The van der Waals surface area contributed by atoms with Gasteiger partial charge in [-0.1, -0.05) is 0 Å². The molecule has 2 aromatic heterocycles. The summed E-state index contributed by atoms with van der Waals surface area (Å²) < 4.78 is 8.27. The van der Waals surface area contributed by atoms with Gasteiger partial charge in [-0.05, 0) is 46.8 Å². The van der Waals surface area contributed by atoms with Crippen molar-refractivity contribution in [1.82, 2.24) is 14.6 Å². The molecule has 5 nitrogen and oxygen atoms in total. The van der Waals surface area contributed by atoms with E-state index < -0.39 is 0 Å². The number of halogens is 1. The summed E-state index contributed by atoms with van der Waals surface area (Å²) in [5.74, 6) is 1.46. The fraction of sp³-hybridized carbons (Fsp3) is 0.500. The third-order valence-electron chi connectivity index (χ3n) is 2.87. The lowest BCUT2D eigenvalue weighted by Gasteiger charge is -2.02. The lowest BCUT2D eigenvalue weighted by Crippen LogP contribution is -2.11. The van der Waals surface area contributed by atoms with Crippen LogP contribution in [0, 0.1) is 5.92 Å². The molecule has 0 amide bonds. The van der Waals surface area contributed by atoms with Crippen molar-refractivity contribution in [2.24, 2.45) is 5.92 Å². The van der Waals surface area contributed by atoms with Gasteiger partial charge in [-0.3, -0.25) is 0 Å². The molecule has 0 unspecified atom stereocenters. The minimum absolute atomic E-state index is 0.642. The largest absolute Gasteiger partial charge is 0.379 e. The minimum Gasteiger partial charge on any atom is -0.379 e. The van der Waals surface area contributed by atoms with Gasteiger partial charge in [0, 0.05) is 23.8 Å². The molecule has 1 aliphatic carbocycles. The normalized spacial score (nSPS) is 15.2. The number of nitrogens with zero attached hydrogens (tertiary/aromatic N) is 3. The number of ether oxygens (including phenoxy) is 1. The van der Waals surface area contributed by atoms with Crippen molar-refractivity contribution in [3.8, 4) is 0 Å². The average molecular weight is 311 g/mol. The highest BCUT2D eigenvalue weighted by Gasteiger charge is 2.20. The minimum atomic E-state index is 0.642. The fourth-order valence-corrected chi connectivity index (χ4v) is 2.03. The van der Waals surface area contributed by atoms with Gasteiger partial charge in [0.15, 0.2) is 5.65 Å². The molecule has 1 aliphatic rings. The lowest BCUT2D eigenvalue weighted by atomic mass is 10.5. The molecule has 1 N–H and O–H groups in total. The monoisotopic (exact) mass is 310 g/mol. The van der Waals surface area contributed by atoms with Crippen molar-refractivity contribution < 1.29 is 4.74 Å². The highest BCUT2D eigenvalue weighted by molar-refractivity contribution is 9.10. The zero-order chi connectivity index (χ0) is 12.4. The second kappa shape index (κ2) is 5.24. The molecule has 96 valence electrons. The summed E-state index contributed by atoms with van der Waals surface area (Å²) in [4.78, 5) is 4.36. The van der Waals surface area contributed by atoms with Crippen molar-refractivity contribution in [3.05, 3.63) is 22.8 Å². The van der Waals surface area contributed by atoms with Crippen LogP contribution in [0.3, 0.4) is 0 Å². The van der Waals surface area contributed by atoms with E-state index in [-0.39, 0.29) is 0 Å². The molecular formula is C12H15BrN4O. The van der Waals surface area contributed by atoms with Gasteiger partial charge in [-0.15, -0.1) is 5.10 Å². The molecule has 0 atom stereocenters. The van der Waals surface area contributed by atoms with Gasteiger partial charge in [0.2, 0.25) is 5.95 Å². The summed E-state index contributed by atoms with van der Waals surface area (Å²) in [6.45, 7) is 2.34. The standard InChI is InChI=1S/C12H15BrN4O/c13-10-3-4-11-15-12(16-17(11)7-10)14-5-6-18-8-9-1-2-9/h3-4,7,9H,1-2,5-6,8H2,(H,14,16). The molecule has 2 heterocycles. The maximum atomic E-state index is 5.54. The Morgan fingerprint density at radius 2 is 2.33 bits per heavy atom. The van der Waals surface area contributed by atoms with Gasteiger partial charge >= 0.3 is 0 Å². The van der Waals surface area contributed by atoms with E-state index in [0.29, 0.717) is 12.6 Å². The maximum absolute atomic E-state index is 5.54. The maximum Gasteiger partial charge on any atom is 0.243 e. The second-order valence-electron chi connectivity index (χ2n) is 4.53. The van der Waals surface area contributed by atoms with Gasteiger partial charge < -0.3 is 10.1 Å². The van der Waals surface area contributed by atoms with E-state index in [4.69, 9.17) is 4.74 Å². The molecule has 1 fully saturated rings. The van der Waals surface area contributed by atoms with E-state index in [0.717, 1.165) is 29.2 Å². The van der Waals surface area contributed by atoms with E-state index in [1.54, 1.807) is 4.52 Å². The van der Waals surface area contributed by atoms with Gasteiger partial charge in [0.25, 0.3) is 0 Å². The van der Waals surface area contributed by atoms with Crippen molar-refractivity contribution in [2.75, 3.05) is 25.1 Å². The Bertz CT molecular complexity index is 538. The number of fused-ring (bicyclic) bond motifs is 1. The molecule has 3 rings (SSSR count). The summed E-state index contributed by atoms with van der Waals surface area (Å²) in [6.07, 6.45) is 4.55. The van der Waals surface area contributed by atoms with E-state index in [2.05, 4.69) is 31.3 Å². The molecule has 1 saturated carbocycles. The van der Waals surface area contributed by atoms with Gasteiger partial charge in [-0.2, -0.15) is 4.98 Å². The lowest BCUT2D eigenvalue weighted by molar-refractivity contribution is 0.133. The summed E-state index contributed by atoms with van der Waals surface area (Å²) in [5, 5.41) is 7.49. The van der Waals surface area contributed by atoms with Crippen molar-refractivity contribution in [3.63, 3.8) is 0 Å². The third-order valence-corrected chi connectivity index (χ3v) is 3.34. The summed E-state index contributed by atoms with van der Waals surface area (Å²) in [7, 11) is 0. The van der Waals surface area contributed by atoms with Crippen LogP contribution in [0.4, 0.5) is 5.95 Å². The number of hydrogen-bond acceptors (Lipinski definition) is 4. The Hall–Kier alpha value is -1.14. The van der Waals surface area contributed by atoms with Gasteiger partial charge in [-0.25, -0.2) is 4.52 Å². The molecule has 0 aliphatic heterocycles. The van der Waals surface area contributed by atoms with Crippen molar-refractivity contribution >= 4 is 27.5 Å². The summed E-state index contributed by atoms with van der Waals surface area (Å²) in [5.41, 5.74) is 0.833. The molecule has 0 spiro atoms. The quantitative estimate of drug-likeness (QED) is 0.832. The molecule has 0 radical (unpaired) electrons. The molecule has 0 saturated heterocycles. The highest BCUT2D eigenvalue weighted by Crippen LogP contribution is 2.28. The topological polar surface area (TPSA) is 51.5 Å². The van der Waals surface area contributed by atoms with Crippen LogP contribution in [0.1, 0.15) is 12.8 Å². The predicted octanol–water partition coefficient (Wildman–Crippen LogP) is 2.33. The predicted molar refractivity (Wildman–Crippen MR) is 72.7 cm³/mol. The van der Waals surface area contributed by atoms with Crippen molar-refractivity contribution in [2.45, 2.75) is 12.8 Å². The first-order valence-electron chi connectivity index (χ1n) is 6.15.